The second kappa shape index (κ2) is 8.68. The monoisotopic (exact) mass is 338 g/mol. The third-order valence-electron chi connectivity index (χ3n) is 3.51. The van der Waals surface area contributed by atoms with E-state index in [1.165, 1.54) is 0 Å². The van der Waals surface area contributed by atoms with Crippen LogP contribution in [0.5, 0.6) is 5.75 Å². The van der Waals surface area contributed by atoms with Gasteiger partial charge in [-0.1, -0.05) is 30.3 Å². The summed E-state index contributed by atoms with van der Waals surface area (Å²) in [5, 5.41) is 5.45. The van der Waals surface area contributed by atoms with E-state index in [0.29, 0.717) is 23.5 Å². The fraction of sp³-hybridized carbons (Fsp3) is 0.200. The zero-order valence-corrected chi connectivity index (χ0v) is 14.4. The number of hydrogen-bond donors (Lipinski definition) is 2. The number of carbonyl (C=O) groups is 2. The summed E-state index contributed by atoms with van der Waals surface area (Å²) in [5.41, 5.74) is 1.88. The highest BCUT2D eigenvalue weighted by atomic mass is 16.5. The molecule has 2 rings (SSSR count). The number of anilines is 1. The van der Waals surface area contributed by atoms with Gasteiger partial charge in [-0.3, -0.25) is 9.59 Å². The number of aryl methyl sites for hydroxylation is 1. The number of nitrogens with one attached hydrogen (secondary N) is 2. The molecule has 0 aliphatic carbocycles. The quantitative estimate of drug-likeness (QED) is 0.761. The molecule has 0 fully saturated rings. The van der Waals surface area contributed by atoms with Gasteiger partial charge in [-0.15, -0.1) is 6.58 Å². The van der Waals surface area contributed by atoms with E-state index in [2.05, 4.69) is 17.2 Å². The molecule has 5 nitrogen and oxygen atoms in total. The molecule has 0 saturated heterocycles. The Labute approximate surface area is 147 Å². The Bertz CT molecular complexity index is 771. The minimum Gasteiger partial charge on any atom is -0.481 e. The van der Waals surface area contributed by atoms with Crippen molar-refractivity contribution in [3.05, 3.63) is 72.3 Å². The molecule has 130 valence electrons. The molecule has 0 aromatic heterocycles. The molecule has 2 aromatic rings. The van der Waals surface area contributed by atoms with Crippen LogP contribution in [0.3, 0.4) is 0 Å². The number of benzene rings is 2. The van der Waals surface area contributed by atoms with Gasteiger partial charge >= 0.3 is 0 Å². The van der Waals surface area contributed by atoms with Crippen LogP contribution < -0.4 is 15.4 Å². The van der Waals surface area contributed by atoms with Gasteiger partial charge in [0.1, 0.15) is 5.75 Å². The van der Waals surface area contributed by atoms with Gasteiger partial charge in [0.25, 0.3) is 11.8 Å². The van der Waals surface area contributed by atoms with Crippen molar-refractivity contribution in [1.82, 2.24) is 5.32 Å². The predicted octanol–water partition coefficient (Wildman–Crippen LogP) is 3.32. The van der Waals surface area contributed by atoms with Crippen LogP contribution in [0, 0.1) is 6.92 Å². The normalized spacial score (nSPS) is 11.3. The Hall–Kier alpha value is -3.08. The first-order valence-corrected chi connectivity index (χ1v) is 8.03. The van der Waals surface area contributed by atoms with Crippen LogP contribution in [0.25, 0.3) is 0 Å². The van der Waals surface area contributed by atoms with E-state index in [0.717, 1.165) is 5.56 Å². The fourth-order valence-electron chi connectivity index (χ4n) is 2.23. The maximum Gasteiger partial charge on any atom is 0.265 e. The zero-order valence-electron chi connectivity index (χ0n) is 14.4. The average molecular weight is 338 g/mol. The summed E-state index contributed by atoms with van der Waals surface area (Å²) in [5.74, 6) is 0.0215. The Kier molecular flexibility index (Phi) is 6.34. The van der Waals surface area contributed by atoms with Crippen molar-refractivity contribution >= 4 is 17.5 Å². The van der Waals surface area contributed by atoms with Crippen molar-refractivity contribution in [1.29, 1.82) is 0 Å². The molecule has 0 bridgehead atoms. The SMILES string of the molecule is C=CCNC(=O)c1ccccc1NC(=O)C(C)Oc1cccc(C)c1. The third-order valence-corrected chi connectivity index (χ3v) is 3.51. The number of rotatable bonds is 7. The number of para-hydroxylation sites is 1. The number of ether oxygens (including phenoxy) is 1. The molecular weight excluding hydrogens is 316 g/mol. The van der Waals surface area contributed by atoms with E-state index < -0.39 is 6.10 Å². The zero-order chi connectivity index (χ0) is 18.2. The maximum atomic E-state index is 12.4. The van der Waals surface area contributed by atoms with E-state index in [4.69, 9.17) is 4.74 Å². The first-order chi connectivity index (χ1) is 12.0. The van der Waals surface area contributed by atoms with Gasteiger partial charge in [0, 0.05) is 6.54 Å². The van der Waals surface area contributed by atoms with Crippen molar-refractivity contribution in [2.75, 3.05) is 11.9 Å². The fourth-order valence-corrected chi connectivity index (χ4v) is 2.23. The predicted molar refractivity (Wildman–Crippen MR) is 98.9 cm³/mol. The first kappa shape index (κ1) is 18.3. The molecule has 0 spiro atoms. The summed E-state index contributed by atoms with van der Waals surface area (Å²) in [6.45, 7) is 7.54. The molecule has 2 aromatic carbocycles. The summed E-state index contributed by atoms with van der Waals surface area (Å²) in [7, 11) is 0. The molecular formula is C20H22N2O3. The molecule has 2 N–H and O–H groups in total. The minimum atomic E-state index is -0.703. The molecule has 0 heterocycles. The first-order valence-electron chi connectivity index (χ1n) is 8.03. The molecule has 0 aliphatic rings. The van der Waals surface area contributed by atoms with Gasteiger partial charge in [0.15, 0.2) is 6.10 Å². The molecule has 25 heavy (non-hydrogen) atoms. The molecule has 1 atom stereocenters. The lowest BCUT2D eigenvalue weighted by molar-refractivity contribution is -0.122. The Morgan fingerprint density at radius 3 is 2.68 bits per heavy atom. The lowest BCUT2D eigenvalue weighted by Gasteiger charge is -2.16. The third kappa shape index (κ3) is 5.21. The van der Waals surface area contributed by atoms with Crippen molar-refractivity contribution in [3.8, 4) is 5.75 Å². The summed E-state index contributed by atoms with van der Waals surface area (Å²) >= 11 is 0. The highest BCUT2D eigenvalue weighted by Gasteiger charge is 2.18. The molecule has 2 amide bonds. The van der Waals surface area contributed by atoms with E-state index in [1.807, 2.05) is 25.1 Å². The Balaban J connectivity index is 2.07. The van der Waals surface area contributed by atoms with Crippen molar-refractivity contribution in [2.24, 2.45) is 0 Å². The van der Waals surface area contributed by atoms with Crippen LogP contribution >= 0.6 is 0 Å². The highest BCUT2D eigenvalue weighted by Crippen LogP contribution is 2.17. The Morgan fingerprint density at radius 2 is 1.96 bits per heavy atom. The minimum absolute atomic E-state index is 0.275. The largest absolute Gasteiger partial charge is 0.481 e. The van der Waals surface area contributed by atoms with Crippen LogP contribution in [-0.2, 0) is 4.79 Å². The summed E-state index contributed by atoms with van der Waals surface area (Å²) in [4.78, 5) is 24.6. The summed E-state index contributed by atoms with van der Waals surface area (Å²) in [6.07, 6.45) is 0.891. The van der Waals surface area contributed by atoms with Crippen LogP contribution in [0.4, 0.5) is 5.69 Å². The maximum absolute atomic E-state index is 12.4. The van der Waals surface area contributed by atoms with Crippen molar-refractivity contribution < 1.29 is 14.3 Å². The summed E-state index contributed by atoms with van der Waals surface area (Å²) < 4.78 is 5.67. The van der Waals surface area contributed by atoms with Crippen molar-refractivity contribution in [3.63, 3.8) is 0 Å². The topological polar surface area (TPSA) is 67.4 Å². The van der Waals surface area contributed by atoms with E-state index in [1.54, 1.807) is 43.3 Å². The van der Waals surface area contributed by atoms with Crippen LogP contribution in [0.1, 0.15) is 22.8 Å². The molecule has 0 saturated carbocycles. The lowest BCUT2D eigenvalue weighted by atomic mass is 10.1. The molecule has 1 unspecified atom stereocenters. The van der Waals surface area contributed by atoms with E-state index in [-0.39, 0.29) is 11.8 Å². The van der Waals surface area contributed by atoms with Crippen LogP contribution in [-0.4, -0.2) is 24.5 Å². The van der Waals surface area contributed by atoms with Crippen LogP contribution in [0.2, 0.25) is 0 Å². The van der Waals surface area contributed by atoms with Crippen molar-refractivity contribution in [2.45, 2.75) is 20.0 Å². The second-order valence-electron chi connectivity index (χ2n) is 5.61. The molecule has 0 radical (unpaired) electrons. The van der Waals surface area contributed by atoms with Gasteiger partial charge in [0.05, 0.1) is 11.3 Å². The van der Waals surface area contributed by atoms with Gasteiger partial charge in [-0.25, -0.2) is 0 Å². The number of amides is 2. The van der Waals surface area contributed by atoms with Gasteiger partial charge in [-0.05, 0) is 43.7 Å². The highest BCUT2D eigenvalue weighted by molar-refractivity contribution is 6.04. The van der Waals surface area contributed by atoms with E-state index >= 15 is 0 Å². The Morgan fingerprint density at radius 1 is 1.20 bits per heavy atom. The van der Waals surface area contributed by atoms with E-state index in [9.17, 15) is 9.59 Å². The summed E-state index contributed by atoms with van der Waals surface area (Å²) in [6, 6.07) is 14.3. The van der Waals surface area contributed by atoms with Crippen LogP contribution in [0.15, 0.2) is 61.2 Å². The smallest absolute Gasteiger partial charge is 0.265 e. The number of hydrogen-bond acceptors (Lipinski definition) is 3. The van der Waals surface area contributed by atoms with Gasteiger partial charge in [0.2, 0.25) is 0 Å². The standard InChI is InChI=1S/C20H22N2O3/c1-4-12-21-20(24)17-10-5-6-11-18(17)22-19(23)15(3)25-16-9-7-8-14(2)13-16/h4-11,13,15H,1,12H2,2-3H3,(H,21,24)(H,22,23). The number of carbonyl (C=O) groups excluding carboxylic acids is 2. The molecule has 5 heteroatoms. The average Bonchev–Trinajstić information content (AvgIpc) is 2.60. The molecule has 0 aliphatic heterocycles. The second-order valence-corrected chi connectivity index (χ2v) is 5.61. The van der Waals surface area contributed by atoms with Gasteiger partial charge in [-0.2, -0.15) is 0 Å². The lowest BCUT2D eigenvalue weighted by Crippen LogP contribution is -2.31. The van der Waals surface area contributed by atoms with Gasteiger partial charge < -0.3 is 15.4 Å².